The third-order valence-electron chi connectivity index (χ3n) is 4.59. The van der Waals surface area contributed by atoms with E-state index < -0.39 is 0 Å². The molecular weight excluding hydrogens is 422 g/mol. The van der Waals surface area contributed by atoms with Crippen LogP contribution in [0.1, 0.15) is 22.8 Å². The van der Waals surface area contributed by atoms with Crippen LogP contribution < -0.4 is 4.29 Å². The van der Waals surface area contributed by atoms with E-state index in [1.165, 1.54) is 11.3 Å². The Morgan fingerprint density at radius 3 is 2.73 bits per heavy atom. The summed E-state index contributed by atoms with van der Waals surface area (Å²) in [5, 5.41) is 5.04. The van der Waals surface area contributed by atoms with Gasteiger partial charge in [0.2, 0.25) is 5.06 Å². The molecular formula is C21H18ClN5O2S. The minimum Gasteiger partial charge on any atom is -0.374 e. The molecule has 3 aromatic heterocycles. The summed E-state index contributed by atoms with van der Waals surface area (Å²) in [6.07, 6.45) is 0. The van der Waals surface area contributed by atoms with Crippen LogP contribution in [-0.4, -0.2) is 38.7 Å². The first-order valence-electron chi connectivity index (χ1n) is 9.22. The van der Waals surface area contributed by atoms with Crippen LogP contribution in [0.25, 0.3) is 16.3 Å². The highest BCUT2D eigenvalue weighted by Gasteiger charge is 2.19. The fraction of sp³-hybridized carbons (Fsp3) is 0.143. The van der Waals surface area contributed by atoms with Gasteiger partial charge in [-0.1, -0.05) is 41.7 Å². The first kappa shape index (κ1) is 20.1. The minimum absolute atomic E-state index is 0.104. The number of nitrogens with zero attached hydrogens (tertiary/aromatic N) is 5. The molecule has 0 N–H and O–H groups in total. The van der Waals surface area contributed by atoms with Gasteiger partial charge in [-0.2, -0.15) is 4.52 Å². The average molecular weight is 440 g/mol. The van der Waals surface area contributed by atoms with Crippen LogP contribution in [0.5, 0.6) is 5.06 Å². The van der Waals surface area contributed by atoms with Crippen molar-refractivity contribution in [3.05, 3.63) is 65.7 Å². The number of carbonyl (C=O) groups is 1. The molecule has 0 aliphatic heterocycles. The molecule has 1 amide bonds. The van der Waals surface area contributed by atoms with Gasteiger partial charge in [-0.05, 0) is 43.5 Å². The van der Waals surface area contributed by atoms with Crippen molar-refractivity contribution in [1.82, 2.24) is 19.5 Å². The topological polar surface area (TPSA) is 72.1 Å². The van der Waals surface area contributed by atoms with Crippen molar-refractivity contribution in [2.45, 2.75) is 13.5 Å². The maximum atomic E-state index is 13.2. The Hall–Kier alpha value is -3.23. The molecule has 0 unspecified atom stereocenters. The van der Waals surface area contributed by atoms with Gasteiger partial charge in [0.15, 0.2) is 17.3 Å². The summed E-state index contributed by atoms with van der Waals surface area (Å²) in [4.78, 5) is 24.3. The number of amides is 1. The van der Waals surface area contributed by atoms with Crippen molar-refractivity contribution >= 4 is 47.3 Å². The maximum Gasteiger partial charge on any atom is 0.254 e. The van der Waals surface area contributed by atoms with E-state index in [2.05, 4.69) is 21.8 Å². The van der Waals surface area contributed by atoms with Gasteiger partial charge in [0.05, 0.1) is 4.88 Å². The summed E-state index contributed by atoms with van der Waals surface area (Å²) in [6.45, 7) is 6.66. The molecule has 0 spiro atoms. The second-order valence-corrected chi connectivity index (χ2v) is 7.67. The fourth-order valence-corrected chi connectivity index (χ4v) is 3.95. The Balaban J connectivity index is 1.70. The normalized spacial score (nSPS) is 10.9. The second-order valence-electron chi connectivity index (χ2n) is 6.47. The number of thiophene rings is 1. The summed E-state index contributed by atoms with van der Waals surface area (Å²) in [6, 6.07) is 16.8. The first-order chi connectivity index (χ1) is 14.6. The van der Waals surface area contributed by atoms with Gasteiger partial charge in [0, 0.05) is 18.7 Å². The van der Waals surface area contributed by atoms with Crippen LogP contribution >= 0.6 is 23.2 Å². The molecule has 0 aliphatic carbocycles. The van der Waals surface area contributed by atoms with E-state index in [0.29, 0.717) is 41.0 Å². The monoisotopic (exact) mass is 439 g/mol. The number of hydrogen-bond acceptors (Lipinski definition) is 6. The zero-order valence-corrected chi connectivity index (χ0v) is 17.7. The van der Waals surface area contributed by atoms with E-state index in [-0.39, 0.29) is 5.91 Å². The molecule has 0 saturated heterocycles. The number of aliphatic imine (C=N–C) groups is 1. The highest BCUT2D eigenvalue weighted by Crippen LogP contribution is 2.32. The molecule has 0 fully saturated rings. The quantitative estimate of drug-likeness (QED) is 0.380. The van der Waals surface area contributed by atoms with Gasteiger partial charge < -0.3 is 9.19 Å². The summed E-state index contributed by atoms with van der Waals surface area (Å²) < 4.78 is 6.29. The van der Waals surface area contributed by atoms with Crippen molar-refractivity contribution in [3.8, 4) is 15.8 Å². The van der Waals surface area contributed by atoms with Crippen molar-refractivity contribution in [2.75, 3.05) is 6.54 Å². The zero-order chi connectivity index (χ0) is 21.1. The highest BCUT2D eigenvalue weighted by atomic mass is 35.5. The lowest BCUT2D eigenvalue weighted by Gasteiger charge is -2.21. The van der Waals surface area contributed by atoms with Crippen LogP contribution in [-0.2, 0) is 6.54 Å². The molecule has 0 bridgehead atoms. The molecule has 1 aromatic carbocycles. The molecule has 4 rings (SSSR count). The van der Waals surface area contributed by atoms with Crippen molar-refractivity contribution < 1.29 is 9.08 Å². The summed E-state index contributed by atoms with van der Waals surface area (Å²) in [5.41, 5.74) is 2.06. The fourth-order valence-electron chi connectivity index (χ4n) is 3.10. The first-order valence-corrected chi connectivity index (χ1v) is 10.3. The Labute approximate surface area is 182 Å². The minimum atomic E-state index is -0.104. The molecule has 3 heterocycles. The third-order valence-corrected chi connectivity index (χ3v) is 5.81. The largest absolute Gasteiger partial charge is 0.374 e. The lowest BCUT2D eigenvalue weighted by molar-refractivity contribution is 0.0752. The van der Waals surface area contributed by atoms with Crippen molar-refractivity contribution in [1.29, 1.82) is 0 Å². The van der Waals surface area contributed by atoms with Gasteiger partial charge >= 0.3 is 0 Å². The molecule has 0 saturated carbocycles. The SMILES string of the molecule is C=Nc1cc(C(=O)N(CC)Cc2ccccc2)cc2nc(-c3ccc(OCl)s3)nn12. The maximum absolute atomic E-state index is 13.2. The molecule has 152 valence electrons. The summed E-state index contributed by atoms with van der Waals surface area (Å²) in [7, 11) is 0. The van der Waals surface area contributed by atoms with E-state index in [1.807, 2.05) is 43.3 Å². The number of rotatable bonds is 7. The number of aromatic nitrogens is 3. The summed E-state index contributed by atoms with van der Waals surface area (Å²) >= 11 is 6.73. The van der Waals surface area contributed by atoms with Crippen LogP contribution in [0, 0.1) is 0 Å². The zero-order valence-electron chi connectivity index (χ0n) is 16.2. The molecule has 0 atom stereocenters. The summed E-state index contributed by atoms with van der Waals surface area (Å²) in [5.74, 6) is 0.828. The molecule has 4 aromatic rings. The number of halogens is 1. The van der Waals surface area contributed by atoms with Gasteiger partial charge in [-0.3, -0.25) is 4.79 Å². The van der Waals surface area contributed by atoms with Crippen LogP contribution in [0.3, 0.4) is 0 Å². The lowest BCUT2D eigenvalue weighted by Crippen LogP contribution is -2.30. The molecule has 0 aliphatic rings. The van der Waals surface area contributed by atoms with E-state index >= 15 is 0 Å². The predicted molar refractivity (Wildman–Crippen MR) is 119 cm³/mol. The highest BCUT2D eigenvalue weighted by molar-refractivity contribution is 7.17. The number of pyridine rings is 1. The smallest absolute Gasteiger partial charge is 0.254 e. The van der Waals surface area contributed by atoms with Gasteiger partial charge in [0.25, 0.3) is 5.91 Å². The number of hydrogen-bond donors (Lipinski definition) is 0. The van der Waals surface area contributed by atoms with Crippen LogP contribution in [0.4, 0.5) is 5.82 Å². The van der Waals surface area contributed by atoms with E-state index in [0.717, 1.165) is 10.4 Å². The number of fused-ring (bicyclic) bond motifs is 1. The Kier molecular flexibility index (Phi) is 5.78. The predicted octanol–water partition coefficient (Wildman–Crippen LogP) is 4.98. The standard InChI is InChI=1S/C21H18ClN5O2S/c1-3-26(13-14-7-5-4-6-8-14)21(28)15-11-17(23-2)27-18(12-15)24-20(25-27)16-9-10-19(29-22)30-16/h4-12H,2-3,13H2,1H3. The van der Waals surface area contributed by atoms with Gasteiger partial charge in [-0.15, -0.1) is 5.10 Å². The Morgan fingerprint density at radius 1 is 1.27 bits per heavy atom. The third kappa shape index (κ3) is 3.92. The van der Waals surface area contributed by atoms with Crippen molar-refractivity contribution in [3.63, 3.8) is 0 Å². The molecule has 7 nitrogen and oxygen atoms in total. The Morgan fingerprint density at radius 2 is 2.07 bits per heavy atom. The lowest BCUT2D eigenvalue weighted by atomic mass is 10.1. The van der Waals surface area contributed by atoms with E-state index in [1.54, 1.807) is 27.6 Å². The molecule has 30 heavy (non-hydrogen) atoms. The van der Waals surface area contributed by atoms with Gasteiger partial charge in [0.1, 0.15) is 11.9 Å². The Bertz CT molecular complexity index is 1200. The number of benzene rings is 1. The molecule has 0 radical (unpaired) electrons. The number of carbonyl (C=O) groups excluding carboxylic acids is 1. The van der Waals surface area contributed by atoms with E-state index in [4.69, 9.17) is 16.2 Å². The van der Waals surface area contributed by atoms with E-state index in [9.17, 15) is 4.79 Å². The van der Waals surface area contributed by atoms with Crippen LogP contribution in [0.15, 0.2) is 59.6 Å². The van der Waals surface area contributed by atoms with Crippen LogP contribution in [0.2, 0.25) is 0 Å². The molecule has 9 heteroatoms. The second kappa shape index (κ2) is 8.64. The van der Waals surface area contributed by atoms with Crippen molar-refractivity contribution in [2.24, 2.45) is 4.99 Å². The average Bonchev–Trinajstić information content (AvgIpc) is 3.43. The van der Waals surface area contributed by atoms with Gasteiger partial charge in [-0.25, -0.2) is 9.98 Å².